The molecule has 0 fully saturated rings. The fourth-order valence-electron chi connectivity index (χ4n) is 1.36. The highest BCUT2D eigenvalue weighted by Crippen LogP contribution is 2.30. The first-order chi connectivity index (χ1) is 9.04. The molecule has 1 atom stereocenters. The van der Waals surface area contributed by atoms with E-state index in [0.29, 0.717) is 6.07 Å². The average Bonchev–Trinajstić information content (AvgIpc) is 2.35. The molecule has 20 heavy (non-hydrogen) atoms. The Morgan fingerprint density at radius 3 is 2.40 bits per heavy atom. The summed E-state index contributed by atoms with van der Waals surface area (Å²) >= 11 is 0. The second-order valence-electron chi connectivity index (χ2n) is 4.79. The lowest BCUT2D eigenvalue weighted by atomic mass is 10.1. The highest BCUT2D eigenvalue weighted by Gasteiger charge is 2.31. The van der Waals surface area contributed by atoms with Crippen LogP contribution in [0.3, 0.4) is 0 Å². The van der Waals surface area contributed by atoms with Crippen molar-refractivity contribution in [1.82, 2.24) is 4.72 Å². The van der Waals surface area contributed by atoms with Crippen LogP contribution >= 0.6 is 0 Å². The summed E-state index contributed by atoms with van der Waals surface area (Å²) in [6.07, 6.45) is -4.58. The van der Waals surface area contributed by atoms with Gasteiger partial charge in [-0.1, -0.05) is 19.9 Å². The fourth-order valence-corrected chi connectivity index (χ4v) is 2.48. The third kappa shape index (κ3) is 4.46. The van der Waals surface area contributed by atoms with E-state index in [-0.39, 0.29) is 12.5 Å². The van der Waals surface area contributed by atoms with Gasteiger partial charge in [0.1, 0.15) is 0 Å². The maximum Gasteiger partial charge on any atom is 0.416 e. The van der Waals surface area contributed by atoms with Crippen molar-refractivity contribution in [3.63, 3.8) is 0 Å². The van der Waals surface area contributed by atoms with E-state index in [0.717, 1.165) is 18.2 Å². The second kappa shape index (κ2) is 6.11. The average molecular weight is 310 g/mol. The minimum Gasteiger partial charge on any atom is -0.326 e. The van der Waals surface area contributed by atoms with E-state index in [4.69, 9.17) is 5.73 Å². The van der Waals surface area contributed by atoms with Gasteiger partial charge in [-0.15, -0.1) is 0 Å². The second-order valence-corrected chi connectivity index (χ2v) is 6.55. The number of hydrogen-bond acceptors (Lipinski definition) is 3. The standard InChI is InChI=1S/C12H17F3N2O2S/c1-8(2)11(16)7-17-20(18,19)10-5-3-4-9(6-10)12(13,14)15/h3-6,8,11,17H,7,16H2,1-2H3. The van der Waals surface area contributed by atoms with Crippen molar-refractivity contribution < 1.29 is 21.6 Å². The van der Waals surface area contributed by atoms with Gasteiger partial charge in [0, 0.05) is 12.6 Å². The van der Waals surface area contributed by atoms with E-state index >= 15 is 0 Å². The summed E-state index contributed by atoms with van der Waals surface area (Å²) in [4.78, 5) is -0.428. The van der Waals surface area contributed by atoms with E-state index in [1.807, 2.05) is 13.8 Å². The van der Waals surface area contributed by atoms with Crippen LogP contribution in [-0.2, 0) is 16.2 Å². The molecule has 0 aliphatic carbocycles. The Kier molecular flexibility index (Phi) is 5.17. The Labute approximate surface area is 116 Å². The first kappa shape index (κ1) is 16.9. The lowest BCUT2D eigenvalue weighted by Gasteiger charge is -2.16. The number of rotatable bonds is 5. The van der Waals surface area contributed by atoms with E-state index in [1.165, 1.54) is 0 Å². The van der Waals surface area contributed by atoms with Gasteiger partial charge < -0.3 is 5.73 Å². The van der Waals surface area contributed by atoms with Crippen molar-refractivity contribution in [2.24, 2.45) is 11.7 Å². The molecule has 1 aromatic carbocycles. The van der Waals surface area contributed by atoms with Crippen LogP contribution in [-0.4, -0.2) is 21.0 Å². The molecule has 1 rings (SSSR count). The predicted molar refractivity (Wildman–Crippen MR) is 69.4 cm³/mol. The van der Waals surface area contributed by atoms with Crippen LogP contribution in [0.2, 0.25) is 0 Å². The minimum absolute atomic E-state index is 0.0315. The van der Waals surface area contributed by atoms with Gasteiger partial charge in [0.25, 0.3) is 0 Å². The zero-order valence-corrected chi connectivity index (χ0v) is 11.9. The molecule has 0 radical (unpaired) electrons. The molecule has 114 valence electrons. The number of hydrogen-bond donors (Lipinski definition) is 2. The molecule has 0 heterocycles. The van der Waals surface area contributed by atoms with Gasteiger partial charge in [0.05, 0.1) is 10.5 Å². The van der Waals surface area contributed by atoms with Gasteiger partial charge in [0.2, 0.25) is 10.0 Å². The molecule has 0 saturated heterocycles. The summed E-state index contributed by atoms with van der Waals surface area (Å²) in [6.45, 7) is 3.61. The Balaban J connectivity index is 2.93. The number of halogens is 3. The summed E-state index contributed by atoms with van der Waals surface area (Å²) in [5.74, 6) is 0.0548. The van der Waals surface area contributed by atoms with Crippen LogP contribution in [0.5, 0.6) is 0 Å². The molecule has 8 heteroatoms. The molecule has 0 aliphatic rings. The minimum atomic E-state index is -4.58. The normalized spacial score (nSPS) is 14.6. The molecular weight excluding hydrogens is 293 g/mol. The van der Waals surface area contributed by atoms with Gasteiger partial charge in [-0.2, -0.15) is 13.2 Å². The van der Waals surface area contributed by atoms with Crippen LogP contribution in [0.15, 0.2) is 29.2 Å². The zero-order valence-electron chi connectivity index (χ0n) is 11.1. The Bertz CT molecular complexity index is 556. The molecule has 0 aliphatic heterocycles. The van der Waals surface area contributed by atoms with Crippen LogP contribution in [0, 0.1) is 5.92 Å². The highest BCUT2D eigenvalue weighted by molar-refractivity contribution is 7.89. The molecule has 3 N–H and O–H groups in total. The molecule has 0 amide bonds. The summed E-state index contributed by atoms with van der Waals surface area (Å²) in [5.41, 5.74) is 4.69. The number of nitrogens with one attached hydrogen (secondary N) is 1. The Morgan fingerprint density at radius 2 is 1.90 bits per heavy atom. The van der Waals surface area contributed by atoms with Crippen molar-refractivity contribution in [3.05, 3.63) is 29.8 Å². The Hall–Kier alpha value is -1.12. The van der Waals surface area contributed by atoms with Crippen molar-refractivity contribution >= 4 is 10.0 Å². The molecular formula is C12H17F3N2O2S. The maximum atomic E-state index is 12.5. The van der Waals surface area contributed by atoms with E-state index in [2.05, 4.69) is 4.72 Å². The van der Waals surface area contributed by atoms with Crippen LogP contribution in [0.25, 0.3) is 0 Å². The quantitative estimate of drug-likeness (QED) is 0.873. The largest absolute Gasteiger partial charge is 0.416 e. The van der Waals surface area contributed by atoms with Crippen LogP contribution in [0.4, 0.5) is 13.2 Å². The number of nitrogens with two attached hydrogens (primary N) is 1. The van der Waals surface area contributed by atoms with Crippen LogP contribution in [0.1, 0.15) is 19.4 Å². The molecule has 0 aromatic heterocycles. The Morgan fingerprint density at radius 1 is 1.30 bits per heavy atom. The SMILES string of the molecule is CC(C)C(N)CNS(=O)(=O)c1cccc(C(F)(F)F)c1. The van der Waals surface area contributed by atoms with E-state index < -0.39 is 32.7 Å². The summed E-state index contributed by atoms with van der Waals surface area (Å²) in [7, 11) is -4.00. The molecule has 0 spiro atoms. The van der Waals surface area contributed by atoms with Gasteiger partial charge in [-0.25, -0.2) is 13.1 Å². The number of alkyl halides is 3. The van der Waals surface area contributed by atoms with Crippen molar-refractivity contribution in [1.29, 1.82) is 0 Å². The summed E-state index contributed by atoms with van der Waals surface area (Å²) in [6, 6.07) is 3.18. The molecule has 1 unspecified atom stereocenters. The van der Waals surface area contributed by atoms with Gasteiger partial charge >= 0.3 is 6.18 Å². The lowest BCUT2D eigenvalue weighted by Crippen LogP contribution is -2.40. The van der Waals surface area contributed by atoms with Crippen LogP contribution < -0.4 is 10.5 Å². The van der Waals surface area contributed by atoms with E-state index in [9.17, 15) is 21.6 Å². The molecule has 4 nitrogen and oxygen atoms in total. The van der Waals surface area contributed by atoms with Crippen molar-refractivity contribution in [2.75, 3.05) is 6.54 Å². The van der Waals surface area contributed by atoms with E-state index in [1.54, 1.807) is 0 Å². The summed E-state index contributed by atoms with van der Waals surface area (Å²) < 4.78 is 63.6. The third-order valence-electron chi connectivity index (χ3n) is 2.84. The monoisotopic (exact) mass is 310 g/mol. The highest BCUT2D eigenvalue weighted by atomic mass is 32.2. The first-order valence-electron chi connectivity index (χ1n) is 5.96. The summed E-state index contributed by atoms with van der Waals surface area (Å²) in [5, 5.41) is 0. The molecule has 0 bridgehead atoms. The fraction of sp³-hybridized carbons (Fsp3) is 0.500. The topological polar surface area (TPSA) is 72.2 Å². The van der Waals surface area contributed by atoms with Crippen molar-refractivity contribution in [2.45, 2.75) is 31.0 Å². The maximum absolute atomic E-state index is 12.5. The zero-order chi connectivity index (χ0) is 15.6. The lowest BCUT2D eigenvalue weighted by molar-refractivity contribution is -0.137. The molecule has 1 aromatic rings. The number of benzene rings is 1. The third-order valence-corrected chi connectivity index (χ3v) is 4.26. The first-order valence-corrected chi connectivity index (χ1v) is 7.45. The molecule has 0 saturated carbocycles. The van der Waals surface area contributed by atoms with Gasteiger partial charge in [-0.3, -0.25) is 0 Å². The predicted octanol–water partition coefficient (Wildman–Crippen LogP) is 1.97. The number of sulfonamides is 1. The van der Waals surface area contributed by atoms with Gasteiger partial charge in [0.15, 0.2) is 0 Å². The van der Waals surface area contributed by atoms with Crippen molar-refractivity contribution in [3.8, 4) is 0 Å². The van der Waals surface area contributed by atoms with Gasteiger partial charge in [-0.05, 0) is 24.1 Å². The smallest absolute Gasteiger partial charge is 0.326 e.